The molecule has 1 aromatic carbocycles. The molecule has 0 atom stereocenters. The SMILES string of the molecule is CC(C)COCCCNC(=O)Cc1coc(-c2ccccc2)n1. The lowest BCUT2D eigenvalue weighted by Gasteiger charge is -2.07. The second-order valence-corrected chi connectivity index (χ2v) is 5.86. The van der Waals surface area contributed by atoms with E-state index in [4.69, 9.17) is 9.15 Å². The van der Waals surface area contributed by atoms with Gasteiger partial charge in [-0.3, -0.25) is 4.79 Å². The van der Waals surface area contributed by atoms with Crippen molar-refractivity contribution in [2.75, 3.05) is 19.8 Å². The Morgan fingerprint density at radius 2 is 2.09 bits per heavy atom. The molecule has 1 N–H and O–H groups in total. The van der Waals surface area contributed by atoms with Crippen molar-refractivity contribution < 1.29 is 13.9 Å². The van der Waals surface area contributed by atoms with Gasteiger partial charge in [0.1, 0.15) is 6.26 Å². The van der Waals surface area contributed by atoms with Crippen molar-refractivity contribution in [2.24, 2.45) is 5.92 Å². The molecule has 0 aliphatic heterocycles. The molecular formula is C18H24N2O3. The first-order valence-electron chi connectivity index (χ1n) is 7.99. The summed E-state index contributed by atoms with van der Waals surface area (Å²) >= 11 is 0. The van der Waals surface area contributed by atoms with Crippen LogP contribution in [0.5, 0.6) is 0 Å². The fourth-order valence-corrected chi connectivity index (χ4v) is 2.05. The molecule has 0 radical (unpaired) electrons. The molecule has 5 nitrogen and oxygen atoms in total. The van der Waals surface area contributed by atoms with Crippen LogP contribution in [0.1, 0.15) is 26.0 Å². The quantitative estimate of drug-likeness (QED) is 0.722. The summed E-state index contributed by atoms with van der Waals surface area (Å²) in [5.74, 6) is 1.02. The van der Waals surface area contributed by atoms with Crippen LogP contribution in [-0.4, -0.2) is 30.6 Å². The number of oxazole rings is 1. The van der Waals surface area contributed by atoms with Gasteiger partial charge in [0.2, 0.25) is 11.8 Å². The largest absolute Gasteiger partial charge is 0.444 e. The number of nitrogens with one attached hydrogen (secondary N) is 1. The maximum atomic E-state index is 11.9. The van der Waals surface area contributed by atoms with Gasteiger partial charge in [-0.15, -0.1) is 0 Å². The van der Waals surface area contributed by atoms with Crippen molar-refractivity contribution in [1.82, 2.24) is 10.3 Å². The van der Waals surface area contributed by atoms with Gasteiger partial charge in [0.05, 0.1) is 12.1 Å². The van der Waals surface area contributed by atoms with Gasteiger partial charge in [0.25, 0.3) is 0 Å². The predicted octanol–water partition coefficient (Wildman–Crippen LogP) is 3.06. The molecule has 23 heavy (non-hydrogen) atoms. The number of rotatable bonds is 9. The van der Waals surface area contributed by atoms with E-state index in [2.05, 4.69) is 24.1 Å². The zero-order chi connectivity index (χ0) is 16.5. The minimum atomic E-state index is -0.0539. The molecule has 2 aromatic rings. The third-order valence-corrected chi connectivity index (χ3v) is 3.15. The Morgan fingerprint density at radius 1 is 1.30 bits per heavy atom. The van der Waals surface area contributed by atoms with Crippen LogP contribution in [0.15, 0.2) is 41.0 Å². The second kappa shape index (κ2) is 9.10. The van der Waals surface area contributed by atoms with Crippen molar-refractivity contribution in [3.8, 4) is 11.5 Å². The molecule has 5 heteroatoms. The Kier molecular flexibility index (Phi) is 6.81. The molecule has 1 amide bonds. The molecule has 0 bridgehead atoms. The molecule has 124 valence electrons. The summed E-state index contributed by atoms with van der Waals surface area (Å²) < 4.78 is 10.9. The predicted molar refractivity (Wildman–Crippen MR) is 88.9 cm³/mol. The Bertz CT molecular complexity index is 593. The number of aromatic nitrogens is 1. The van der Waals surface area contributed by atoms with E-state index in [0.717, 1.165) is 18.6 Å². The van der Waals surface area contributed by atoms with E-state index in [9.17, 15) is 4.79 Å². The second-order valence-electron chi connectivity index (χ2n) is 5.86. The molecule has 2 rings (SSSR count). The first kappa shape index (κ1) is 17.2. The summed E-state index contributed by atoms with van der Waals surface area (Å²) in [5.41, 5.74) is 1.54. The van der Waals surface area contributed by atoms with Gasteiger partial charge < -0.3 is 14.5 Å². The lowest BCUT2D eigenvalue weighted by atomic mass is 10.2. The zero-order valence-corrected chi connectivity index (χ0v) is 13.7. The average Bonchev–Trinajstić information content (AvgIpc) is 3.00. The van der Waals surface area contributed by atoms with E-state index < -0.39 is 0 Å². The number of carbonyl (C=O) groups is 1. The Morgan fingerprint density at radius 3 is 2.83 bits per heavy atom. The summed E-state index contributed by atoms with van der Waals surface area (Å²) in [6, 6.07) is 9.63. The topological polar surface area (TPSA) is 64.4 Å². The molecule has 0 fully saturated rings. The van der Waals surface area contributed by atoms with Gasteiger partial charge in [-0.1, -0.05) is 32.0 Å². The fraction of sp³-hybridized carbons (Fsp3) is 0.444. The van der Waals surface area contributed by atoms with Crippen LogP contribution in [-0.2, 0) is 16.0 Å². The number of carbonyl (C=O) groups excluding carboxylic acids is 1. The molecule has 0 aliphatic rings. The molecule has 0 saturated heterocycles. The highest BCUT2D eigenvalue weighted by molar-refractivity contribution is 5.78. The van der Waals surface area contributed by atoms with E-state index >= 15 is 0 Å². The van der Waals surface area contributed by atoms with Crippen molar-refractivity contribution in [2.45, 2.75) is 26.7 Å². The lowest BCUT2D eigenvalue weighted by Crippen LogP contribution is -2.27. The Labute approximate surface area is 137 Å². The Hall–Kier alpha value is -2.14. The maximum absolute atomic E-state index is 11.9. The molecule has 0 spiro atoms. The number of hydrogen-bond donors (Lipinski definition) is 1. The molecule has 1 heterocycles. The first-order valence-corrected chi connectivity index (χ1v) is 7.99. The minimum Gasteiger partial charge on any atom is -0.444 e. The first-order chi connectivity index (χ1) is 11.1. The maximum Gasteiger partial charge on any atom is 0.226 e. The summed E-state index contributed by atoms with van der Waals surface area (Å²) in [6.45, 7) is 6.27. The summed E-state index contributed by atoms with van der Waals surface area (Å²) in [4.78, 5) is 16.2. The van der Waals surface area contributed by atoms with Crippen molar-refractivity contribution >= 4 is 5.91 Å². The van der Waals surface area contributed by atoms with Crippen LogP contribution in [0.4, 0.5) is 0 Å². The van der Waals surface area contributed by atoms with Crippen LogP contribution in [0.3, 0.4) is 0 Å². The van der Waals surface area contributed by atoms with Crippen LogP contribution in [0.25, 0.3) is 11.5 Å². The van der Waals surface area contributed by atoms with Gasteiger partial charge in [0.15, 0.2) is 0 Å². The number of amides is 1. The van der Waals surface area contributed by atoms with Crippen molar-refractivity contribution in [3.63, 3.8) is 0 Å². The summed E-state index contributed by atoms with van der Waals surface area (Å²) in [5, 5.41) is 2.87. The van der Waals surface area contributed by atoms with Gasteiger partial charge in [-0.2, -0.15) is 0 Å². The van der Waals surface area contributed by atoms with Gasteiger partial charge in [-0.05, 0) is 24.5 Å². The number of benzene rings is 1. The van der Waals surface area contributed by atoms with Crippen molar-refractivity contribution in [3.05, 3.63) is 42.3 Å². The zero-order valence-electron chi connectivity index (χ0n) is 13.7. The van der Waals surface area contributed by atoms with E-state index in [1.54, 1.807) is 0 Å². The van der Waals surface area contributed by atoms with Crippen LogP contribution in [0, 0.1) is 5.92 Å². The standard InChI is InChI=1S/C18H24N2O3/c1-14(2)12-22-10-6-9-19-17(21)11-16-13-23-18(20-16)15-7-4-3-5-8-15/h3-5,7-8,13-14H,6,9-12H2,1-2H3,(H,19,21). The summed E-state index contributed by atoms with van der Waals surface area (Å²) in [6.07, 6.45) is 2.57. The highest BCUT2D eigenvalue weighted by atomic mass is 16.5. The van der Waals surface area contributed by atoms with Gasteiger partial charge in [0, 0.05) is 25.3 Å². The summed E-state index contributed by atoms with van der Waals surface area (Å²) in [7, 11) is 0. The average molecular weight is 316 g/mol. The third-order valence-electron chi connectivity index (χ3n) is 3.15. The van der Waals surface area contributed by atoms with E-state index in [1.165, 1.54) is 6.26 Å². The van der Waals surface area contributed by atoms with Crippen LogP contribution < -0.4 is 5.32 Å². The smallest absolute Gasteiger partial charge is 0.226 e. The molecule has 1 aromatic heterocycles. The molecule has 0 unspecified atom stereocenters. The monoisotopic (exact) mass is 316 g/mol. The van der Waals surface area contributed by atoms with Gasteiger partial charge >= 0.3 is 0 Å². The lowest BCUT2D eigenvalue weighted by molar-refractivity contribution is -0.120. The number of nitrogens with zero attached hydrogens (tertiary/aromatic N) is 1. The fourth-order valence-electron chi connectivity index (χ4n) is 2.05. The minimum absolute atomic E-state index is 0.0539. The Balaban J connectivity index is 1.69. The van der Waals surface area contributed by atoms with E-state index in [-0.39, 0.29) is 12.3 Å². The van der Waals surface area contributed by atoms with Crippen molar-refractivity contribution in [1.29, 1.82) is 0 Å². The van der Waals surface area contributed by atoms with Gasteiger partial charge in [-0.25, -0.2) is 4.98 Å². The number of hydrogen-bond acceptors (Lipinski definition) is 4. The van der Waals surface area contributed by atoms with E-state index in [0.29, 0.717) is 30.7 Å². The highest BCUT2D eigenvalue weighted by Gasteiger charge is 2.09. The molecular weight excluding hydrogens is 292 g/mol. The molecule has 0 saturated carbocycles. The van der Waals surface area contributed by atoms with Crippen LogP contribution in [0.2, 0.25) is 0 Å². The normalized spacial score (nSPS) is 10.9. The van der Waals surface area contributed by atoms with Crippen LogP contribution >= 0.6 is 0 Å². The highest BCUT2D eigenvalue weighted by Crippen LogP contribution is 2.17. The number of ether oxygens (including phenoxy) is 1. The molecule has 0 aliphatic carbocycles. The third kappa shape index (κ3) is 6.24. The van der Waals surface area contributed by atoms with E-state index in [1.807, 2.05) is 30.3 Å².